The molecule has 138 valence electrons. The van der Waals surface area contributed by atoms with Gasteiger partial charge in [-0.25, -0.2) is 0 Å². The number of likely N-dealkylation sites (tertiary alicyclic amines) is 1. The number of hydrogen-bond acceptors (Lipinski definition) is 2. The number of nitrogens with one attached hydrogen (secondary N) is 1. The first-order chi connectivity index (χ1) is 11.7. The van der Waals surface area contributed by atoms with Crippen LogP contribution in [0.2, 0.25) is 10.0 Å². The van der Waals surface area contributed by atoms with E-state index in [-0.39, 0.29) is 5.91 Å². The van der Waals surface area contributed by atoms with Crippen LogP contribution in [0.5, 0.6) is 0 Å². The highest BCUT2D eigenvalue weighted by Crippen LogP contribution is 2.54. The molecule has 2 aliphatic rings. The molecule has 2 fully saturated rings. The first-order valence-electron chi connectivity index (χ1n) is 9.17. The fraction of sp³-hybridized carbons (Fsp3) is 0.650. The van der Waals surface area contributed by atoms with Crippen molar-refractivity contribution in [3.05, 3.63) is 33.8 Å². The Labute approximate surface area is 161 Å². The molecule has 1 atom stereocenters. The summed E-state index contributed by atoms with van der Waals surface area (Å²) in [4.78, 5) is 15.0. The number of nitrogens with zero attached hydrogens (tertiary/aromatic N) is 1. The Morgan fingerprint density at radius 2 is 1.92 bits per heavy atom. The highest BCUT2D eigenvalue weighted by Gasteiger charge is 2.55. The van der Waals surface area contributed by atoms with Crippen LogP contribution in [-0.2, 0) is 0 Å². The Morgan fingerprint density at radius 3 is 2.52 bits per heavy atom. The van der Waals surface area contributed by atoms with Gasteiger partial charge < -0.3 is 10.2 Å². The van der Waals surface area contributed by atoms with E-state index in [0.29, 0.717) is 32.5 Å². The van der Waals surface area contributed by atoms with E-state index < -0.39 is 0 Å². The Hall–Kier alpha value is -0.770. The van der Waals surface area contributed by atoms with Crippen LogP contribution in [0.25, 0.3) is 0 Å². The molecular formula is C20H28Cl2N2O. The lowest BCUT2D eigenvalue weighted by Crippen LogP contribution is -2.39. The average molecular weight is 383 g/mol. The number of benzene rings is 1. The van der Waals surface area contributed by atoms with Gasteiger partial charge in [-0.15, -0.1) is 0 Å². The standard InChI is InChI=1S/C20H28Cl2N2O/c1-19(2,3)6-9-24-10-7-20(8-11-24)13-17(20)23-18(25)14-4-5-15(21)16(22)12-14/h4-5,12,17H,6-11,13H2,1-3H3,(H,23,25). The molecule has 3 nitrogen and oxygen atoms in total. The van der Waals surface area contributed by atoms with Gasteiger partial charge in [-0.05, 0) is 74.3 Å². The minimum Gasteiger partial charge on any atom is -0.349 e. The summed E-state index contributed by atoms with van der Waals surface area (Å²) < 4.78 is 0. The Bertz CT molecular complexity index is 646. The van der Waals surface area contributed by atoms with Crippen molar-refractivity contribution in [2.24, 2.45) is 10.8 Å². The van der Waals surface area contributed by atoms with Crippen LogP contribution in [0.1, 0.15) is 56.8 Å². The highest BCUT2D eigenvalue weighted by molar-refractivity contribution is 6.42. The summed E-state index contributed by atoms with van der Waals surface area (Å²) in [5.74, 6) is -0.0457. The number of carbonyl (C=O) groups is 1. The first kappa shape index (κ1) is 19.0. The van der Waals surface area contributed by atoms with E-state index in [4.69, 9.17) is 23.2 Å². The minimum absolute atomic E-state index is 0.0457. The number of halogens is 2. The van der Waals surface area contributed by atoms with E-state index in [1.807, 2.05) is 0 Å². The molecule has 1 unspecified atom stereocenters. The monoisotopic (exact) mass is 382 g/mol. The molecule has 1 saturated carbocycles. The lowest BCUT2D eigenvalue weighted by molar-refractivity contribution is 0.0932. The van der Waals surface area contributed by atoms with Crippen molar-refractivity contribution in [3.63, 3.8) is 0 Å². The molecule has 25 heavy (non-hydrogen) atoms. The van der Waals surface area contributed by atoms with E-state index in [0.717, 1.165) is 19.5 Å². The lowest BCUT2D eigenvalue weighted by atomic mass is 9.89. The maximum Gasteiger partial charge on any atom is 0.251 e. The minimum atomic E-state index is -0.0457. The van der Waals surface area contributed by atoms with E-state index in [2.05, 4.69) is 31.0 Å². The number of hydrogen-bond donors (Lipinski definition) is 1. The molecule has 1 spiro atoms. The first-order valence-corrected chi connectivity index (χ1v) is 9.92. The number of rotatable bonds is 4. The summed E-state index contributed by atoms with van der Waals surface area (Å²) in [7, 11) is 0. The molecule has 1 N–H and O–H groups in total. The molecule has 0 aromatic heterocycles. The van der Waals surface area contributed by atoms with Gasteiger partial charge >= 0.3 is 0 Å². The van der Waals surface area contributed by atoms with Gasteiger partial charge in [0.15, 0.2) is 0 Å². The van der Waals surface area contributed by atoms with E-state index in [9.17, 15) is 4.79 Å². The summed E-state index contributed by atoms with van der Waals surface area (Å²) in [6.07, 6.45) is 4.71. The van der Waals surface area contributed by atoms with Gasteiger partial charge in [0.1, 0.15) is 0 Å². The summed E-state index contributed by atoms with van der Waals surface area (Å²) in [5.41, 5.74) is 1.30. The highest BCUT2D eigenvalue weighted by atomic mass is 35.5. The smallest absolute Gasteiger partial charge is 0.251 e. The zero-order chi connectivity index (χ0) is 18.2. The van der Waals surface area contributed by atoms with Crippen LogP contribution in [0.3, 0.4) is 0 Å². The largest absolute Gasteiger partial charge is 0.349 e. The quantitative estimate of drug-likeness (QED) is 0.792. The van der Waals surface area contributed by atoms with Crippen molar-refractivity contribution in [2.45, 2.75) is 52.5 Å². The third-order valence-electron chi connectivity index (χ3n) is 5.71. The summed E-state index contributed by atoms with van der Waals surface area (Å²) >= 11 is 11.9. The molecule has 1 aliphatic heterocycles. The third-order valence-corrected chi connectivity index (χ3v) is 6.45. The number of piperidine rings is 1. The van der Waals surface area contributed by atoms with Gasteiger partial charge in [0, 0.05) is 11.6 Å². The van der Waals surface area contributed by atoms with Crippen LogP contribution in [0, 0.1) is 10.8 Å². The SMILES string of the molecule is CC(C)(C)CCN1CCC2(CC1)CC2NC(=O)c1ccc(Cl)c(Cl)c1. The average Bonchev–Trinajstić information content (AvgIpc) is 3.20. The van der Waals surface area contributed by atoms with Gasteiger partial charge in [-0.3, -0.25) is 4.79 Å². The molecule has 1 aliphatic carbocycles. The number of carbonyl (C=O) groups excluding carboxylic acids is 1. The third kappa shape index (κ3) is 4.69. The van der Waals surface area contributed by atoms with Crippen LogP contribution < -0.4 is 5.32 Å². The van der Waals surface area contributed by atoms with Crippen LogP contribution >= 0.6 is 23.2 Å². The normalized spacial score (nSPS) is 22.8. The molecule has 0 bridgehead atoms. The van der Waals surface area contributed by atoms with E-state index in [1.54, 1.807) is 18.2 Å². The number of amides is 1. The topological polar surface area (TPSA) is 32.3 Å². The Balaban J connectivity index is 1.48. The molecule has 1 amide bonds. The van der Waals surface area contributed by atoms with Crippen molar-refractivity contribution in [2.75, 3.05) is 19.6 Å². The Kier molecular flexibility index (Phi) is 5.39. The maximum absolute atomic E-state index is 12.4. The fourth-order valence-corrected chi connectivity index (χ4v) is 4.00. The predicted molar refractivity (Wildman–Crippen MR) is 105 cm³/mol. The summed E-state index contributed by atoms with van der Waals surface area (Å²) in [5, 5.41) is 4.09. The molecule has 1 aromatic carbocycles. The fourth-order valence-electron chi connectivity index (χ4n) is 3.70. The van der Waals surface area contributed by atoms with Crippen molar-refractivity contribution < 1.29 is 4.79 Å². The van der Waals surface area contributed by atoms with Crippen LogP contribution in [0.15, 0.2) is 18.2 Å². The van der Waals surface area contributed by atoms with Gasteiger partial charge in [-0.1, -0.05) is 44.0 Å². The zero-order valence-corrected chi connectivity index (χ0v) is 16.9. The van der Waals surface area contributed by atoms with Crippen molar-refractivity contribution in [1.82, 2.24) is 10.2 Å². The van der Waals surface area contributed by atoms with Gasteiger partial charge in [0.2, 0.25) is 0 Å². The van der Waals surface area contributed by atoms with Crippen molar-refractivity contribution >= 4 is 29.1 Å². The molecule has 1 heterocycles. The van der Waals surface area contributed by atoms with Crippen molar-refractivity contribution in [3.8, 4) is 0 Å². The molecular weight excluding hydrogens is 355 g/mol. The zero-order valence-electron chi connectivity index (χ0n) is 15.4. The molecule has 3 rings (SSSR count). The van der Waals surface area contributed by atoms with Gasteiger partial charge in [0.05, 0.1) is 10.0 Å². The summed E-state index contributed by atoms with van der Waals surface area (Å²) in [6.45, 7) is 10.4. The molecule has 0 radical (unpaired) electrons. The second kappa shape index (κ2) is 7.09. The van der Waals surface area contributed by atoms with E-state index >= 15 is 0 Å². The molecule has 5 heteroatoms. The van der Waals surface area contributed by atoms with Crippen LogP contribution in [0.4, 0.5) is 0 Å². The van der Waals surface area contributed by atoms with Gasteiger partial charge in [0.25, 0.3) is 5.91 Å². The molecule has 1 aromatic rings. The second-order valence-electron chi connectivity index (χ2n) is 8.87. The van der Waals surface area contributed by atoms with Gasteiger partial charge in [-0.2, -0.15) is 0 Å². The van der Waals surface area contributed by atoms with Crippen molar-refractivity contribution in [1.29, 1.82) is 0 Å². The molecule has 1 saturated heterocycles. The van der Waals surface area contributed by atoms with Crippen LogP contribution in [-0.4, -0.2) is 36.5 Å². The summed E-state index contributed by atoms with van der Waals surface area (Å²) in [6, 6.07) is 5.35. The maximum atomic E-state index is 12.4. The van der Waals surface area contributed by atoms with E-state index in [1.165, 1.54) is 25.8 Å². The lowest BCUT2D eigenvalue weighted by Gasteiger charge is -2.34. The predicted octanol–water partition coefficient (Wildman–Crippen LogP) is 5.01. The second-order valence-corrected chi connectivity index (χ2v) is 9.69. The Morgan fingerprint density at radius 1 is 1.24 bits per heavy atom.